The molecule has 4 N–H and O–H groups in total. The Labute approximate surface area is 208 Å². The van der Waals surface area contributed by atoms with Crippen LogP contribution < -0.4 is 11.1 Å². The number of hydrogen-bond donors (Lipinski definition) is 3. The number of hydrogen-bond acceptors (Lipinski definition) is 6. The van der Waals surface area contributed by atoms with E-state index in [2.05, 4.69) is 22.4 Å². The lowest BCUT2D eigenvalue weighted by atomic mass is 9.91. The molecule has 7 nitrogen and oxygen atoms in total. The van der Waals surface area contributed by atoms with Gasteiger partial charge in [-0.2, -0.15) is 0 Å². The van der Waals surface area contributed by atoms with E-state index in [1.165, 1.54) is 4.88 Å². The zero-order valence-corrected chi connectivity index (χ0v) is 22.5. The SMILES string of the molecule is CC(C)N.CO.Cc1ncsc1-c1ccc(CNC(=O)C2CCCN2C(=O)CC(C)(C)C)cc1. The standard InChI is InChI=1S/C22H29N3O2S.C3H9N.CH4O/c1-15-20(28-14-24-15)17-9-7-16(8-10-17)13-23-21(27)18-6-5-11-25(18)19(26)12-22(2,3)4;1-3(2)4;1-2/h7-10,14,18H,5-6,11-13H2,1-4H3,(H,23,27);3H,4H2,1-2H3;2H,1H3. The number of likely N-dealkylation sites (tertiary alicyclic amines) is 1. The summed E-state index contributed by atoms with van der Waals surface area (Å²) in [7, 11) is 1.00. The van der Waals surface area contributed by atoms with E-state index in [4.69, 9.17) is 10.8 Å². The molecule has 3 rings (SSSR count). The third kappa shape index (κ3) is 9.91. The number of carbonyl (C=O) groups excluding carboxylic acids is 2. The molecule has 2 amide bonds. The Morgan fingerprint density at radius 2 is 1.82 bits per heavy atom. The molecule has 0 aliphatic carbocycles. The minimum Gasteiger partial charge on any atom is -0.400 e. The van der Waals surface area contributed by atoms with Crippen LogP contribution in [0.1, 0.15) is 65.1 Å². The molecule has 0 saturated carbocycles. The van der Waals surface area contributed by atoms with Gasteiger partial charge in [0.25, 0.3) is 0 Å². The number of nitrogens with one attached hydrogen (secondary N) is 1. The molecule has 8 heteroatoms. The van der Waals surface area contributed by atoms with Gasteiger partial charge in [0.05, 0.1) is 16.1 Å². The van der Waals surface area contributed by atoms with Crippen LogP contribution in [0.25, 0.3) is 10.4 Å². The van der Waals surface area contributed by atoms with Crippen molar-refractivity contribution < 1.29 is 14.7 Å². The van der Waals surface area contributed by atoms with E-state index >= 15 is 0 Å². The van der Waals surface area contributed by atoms with Gasteiger partial charge in [0.15, 0.2) is 0 Å². The molecule has 1 fully saturated rings. The Hall–Kier alpha value is -2.29. The number of aliphatic hydroxyl groups is 1. The van der Waals surface area contributed by atoms with Crippen molar-refractivity contribution in [3.63, 3.8) is 0 Å². The Bertz CT molecular complexity index is 885. The number of aryl methyl sites for hydroxylation is 1. The minimum absolute atomic E-state index is 0.0536. The molecule has 0 radical (unpaired) electrons. The number of nitrogens with zero attached hydrogens (tertiary/aromatic N) is 2. The van der Waals surface area contributed by atoms with E-state index in [0.29, 0.717) is 25.6 Å². The van der Waals surface area contributed by atoms with Gasteiger partial charge >= 0.3 is 0 Å². The number of benzene rings is 1. The van der Waals surface area contributed by atoms with Crippen molar-refractivity contribution in [2.75, 3.05) is 13.7 Å². The molecule has 2 heterocycles. The second-order valence-corrected chi connectivity index (χ2v) is 10.8. The topological polar surface area (TPSA) is 109 Å². The van der Waals surface area contributed by atoms with Crippen molar-refractivity contribution >= 4 is 23.2 Å². The number of aromatic nitrogens is 1. The zero-order valence-electron chi connectivity index (χ0n) is 21.7. The summed E-state index contributed by atoms with van der Waals surface area (Å²) in [5, 5.41) is 10.0. The molecule has 1 aromatic carbocycles. The summed E-state index contributed by atoms with van der Waals surface area (Å²) in [4.78, 5) is 32.5. The summed E-state index contributed by atoms with van der Waals surface area (Å²) in [6.45, 7) is 13.2. The summed E-state index contributed by atoms with van der Waals surface area (Å²) in [5.41, 5.74) is 10.1. The maximum Gasteiger partial charge on any atom is 0.243 e. The van der Waals surface area contributed by atoms with Crippen LogP contribution in [0.5, 0.6) is 0 Å². The molecule has 0 bridgehead atoms. The smallest absolute Gasteiger partial charge is 0.243 e. The Kier molecular flexibility index (Phi) is 12.4. The molecule has 1 aliphatic heterocycles. The van der Waals surface area contributed by atoms with E-state index in [9.17, 15) is 9.59 Å². The number of nitrogens with two attached hydrogens (primary N) is 1. The fourth-order valence-corrected chi connectivity index (χ4v) is 4.36. The first-order chi connectivity index (χ1) is 16.0. The first-order valence-electron chi connectivity index (χ1n) is 11.7. The molecule has 1 aromatic heterocycles. The van der Waals surface area contributed by atoms with Crippen molar-refractivity contribution in [2.24, 2.45) is 11.1 Å². The quantitative estimate of drug-likeness (QED) is 0.584. The molecule has 34 heavy (non-hydrogen) atoms. The van der Waals surface area contributed by atoms with Gasteiger partial charge in [-0.1, -0.05) is 58.9 Å². The van der Waals surface area contributed by atoms with Crippen LogP contribution in [0.2, 0.25) is 0 Å². The third-order valence-corrected chi connectivity index (χ3v) is 5.96. The van der Waals surface area contributed by atoms with Crippen LogP contribution in [0.4, 0.5) is 0 Å². The number of aliphatic hydroxyl groups excluding tert-OH is 1. The van der Waals surface area contributed by atoms with Crippen LogP contribution >= 0.6 is 11.3 Å². The second kappa shape index (κ2) is 14.2. The first kappa shape index (κ1) is 29.7. The third-order valence-electron chi connectivity index (χ3n) is 4.99. The highest BCUT2D eigenvalue weighted by Gasteiger charge is 2.35. The average molecular weight is 491 g/mol. The molecular weight excluding hydrogens is 448 g/mol. The Morgan fingerprint density at radius 3 is 2.32 bits per heavy atom. The fourth-order valence-electron chi connectivity index (χ4n) is 3.55. The summed E-state index contributed by atoms with van der Waals surface area (Å²) in [5.74, 6) is 0.0246. The predicted molar refractivity (Wildman–Crippen MR) is 140 cm³/mol. The maximum atomic E-state index is 12.7. The molecule has 1 aliphatic rings. The molecule has 1 saturated heterocycles. The summed E-state index contributed by atoms with van der Waals surface area (Å²) in [6, 6.07) is 8.19. The normalized spacial score (nSPS) is 15.2. The van der Waals surface area contributed by atoms with E-state index in [1.807, 2.05) is 59.2 Å². The van der Waals surface area contributed by atoms with Crippen LogP contribution in [0, 0.1) is 12.3 Å². The lowest BCUT2D eigenvalue weighted by Crippen LogP contribution is -2.46. The summed E-state index contributed by atoms with van der Waals surface area (Å²) >= 11 is 1.63. The summed E-state index contributed by atoms with van der Waals surface area (Å²) in [6.07, 6.45) is 2.09. The lowest BCUT2D eigenvalue weighted by molar-refractivity contribution is -0.139. The van der Waals surface area contributed by atoms with E-state index in [0.717, 1.165) is 36.8 Å². The monoisotopic (exact) mass is 490 g/mol. The van der Waals surface area contributed by atoms with Gasteiger partial charge in [0, 0.05) is 26.6 Å². The highest BCUT2D eigenvalue weighted by molar-refractivity contribution is 7.13. The van der Waals surface area contributed by atoms with Gasteiger partial charge in [-0.05, 0) is 42.3 Å². The molecule has 1 unspecified atom stereocenters. The largest absolute Gasteiger partial charge is 0.400 e. The van der Waals surface area contributed by atoms with Crippen molar-refractivity contribution in [3.8, 4) is 10.4 Å². The van der Waals surface area contributed by atoms with Gasteiger partial charge in [-0.15, -0.1) is 11.3 Å². The van der Waals surface area contributed by atoms with Gasteiger partial charge in [0.2, 0.25) is 11.8 Å². The molecule has 1 atom stereocenters. The number of thiazole rings is 1. The van der Waals surface area contributed by atoms with Crippen LogP contribution in [-0.4, -0.2) is 52.5 Å². The van der Waals surface area contributed by atoms with Crippen molar-refractivity contribution in [1.29, 1.82) is 0 Å². The molecule has 0 spiro atoms. The number of rotatable bonds is 5. The summed E-state index contributed by atoms with van der Waals surface area (Å²) < 4.78 is 0. The Morgan fingerprint density at radius 1 is 1.24 bits per heavy atom. The van der Waals surface area contributed by atoms with Gasteiger partial charge in [0.1, 0.15) is 6.04 Å². The molecule has 2 aromatic rings. The fraction of sp³-hybridized carbons (Fsp3) is 0.577. The number of carbonyl (C=O) groups is 2. The van der Waals surface area contributed by atoms with Crippen molar-refractivity contribution in [2.45, 2.75) is 79.4 Å². The second-order valence-electron chi connectivity index (χ2n) is 9.91. The van der Waals surface area contributed by atoms with Crippen molar-refractivity contribution in [3.05, 3.63) is 41.0 Å². The molecule has 190 valence electrons. The van der Waals surface area contributed by atoms with Gasteiger partial charge in [-0.25, -0.2) is 4.98 Å². The number of amides is 2. The predicted octanol–water partition coefficient (Wildman–Crippen LogP) is 4.12. The first-order valence-corrected chi connectivity index (χ1v) is 12.6. The minimum atomic E-state index is -0.339. The lowest BCUT2D eigenvalue weighted by Gasteiger charge is -2.27. The van der Waals surface area contributed by atoms with E-state index in [-0.39, 0.29) is 23.3 Å². The highest BCUT2D eigenvalue weighted by atomic mass is 32.1. The highest BCUT2D eigenvalue weighted by Crippen LogP contribution is 2.27. The van der Waals surface area contributed by atoms with Crippen LogP contribution in [-0.2, 0) is 16.1 Å². The van der Waals surface area contributed by atoms with Crippen LogP contribution in [0.15, 0.2) is 29.8 Å². The van der Waals surface area contributed by atoms with Crippen molar-refractivity contribution in [1.82, 2.24) is 15.2 Å². The average Bonchev–Trinajstić information content (AvgIpc) is 3.41. The van der Waals surface area contributed by atoms with Gasteiger partial charge in [-0.3, -0.25) is 9.59 Å². The van der Waals surface area contributed by atoms with Crippen LogP contribution in [0.3, 0.4) is 0 Å². The molecular formula is C26H42N4O3S. The van der Waals surface area contributed by atoms with E-state index in [1.54, 1.807) is 16.2 Å². The maximum absolute atomic E-state index is 12.7. The Balaban J connectivity index is 0.000000872. The van der Waals surface area contributed by atoms with Gasteiger partial charge < -0.3 is 21.1 Å². The van der Waals surface area contributed by atoms with E-state index < -0.39 is 0 Å². The zero-order chi connectivity index (χ0) is 25.9.